The standard InChI is InChI=1S/C18H27N3O3/c1-11-9-13(19-21(11)18(2,3)4)16(22)20-14-8-6-5-7-12(14)10-15(20)17(23)24/h9,12,14-15H,5-8,10H2,1-4H3,(H,23,24). The van der Waals surface area contributed by atoms with Gasteiger partial charge in [0.2, 0.25) is 0 Å². The van der Waals surface area contributed by atoms with Gasteiger partial charge in [-0.15, -0.1) is 0 Å². The highest BCUT2D eigenvalue weighted by Crippen LogP contribution is 2.40. The summed E-state index contributed by atoms with van der Waals surface area (Å²) in [5.74, 6) is -0.817. The third-order valence-corrected chi connectivity index (χ3v) is 5.35. The van der Waals surface area contributed by atoms with Crippen molar-refractivity contribution in [2.24, 2.45) is 5.92 Å². The summed E-state index contributed by atoms with van der Waals surface area (Å²) >= 11 is 0. The zero-order valence-corrected chi connectivity index (χ0v) is 15.0. The average molecular weight is 333 g/mol. The second-order valence-electron chi connectivity index (χ2n) is 8.17. The van der Waals surface area contributed by atoms with Crippen LogP contribution in [-0.4, -0.2) is 43.7 Å². The molecule has 0 bridgehead atoms. The van der Waals surface area contributed by atoms with Gasteiger partial charge in [-0.05, 0) is 58.9 Å². The fourth-order valence-corrected chi connectivity index (χ4v) is 4.36. The molecular weight excluding hydrogens is 306 g/mol. The highest BCUT2D eigenvalue weighted by molar-refractivity contribution is 5.95. The number of carbonyl (C=O) groups is 2. The molecule has 132 valence electrons. The van der Waals surface area contributed by atoms with Gasteiger partial charge in [-0.25, -0.2) is 4.79 Å². The summed E-state index contributed by atoms with van der Waals surface area (Å²) in [4.78, 5) is 26.4. The number of rotatable bonds is 2. The smallest absolute Gasteiger partial charge is 0.326 e. The predicted molar refractivity (Wildman–Crippen MR) is 89.9 cm³/mol. The van der Waals surface area contributed by atoms with Crippen molar-refractivity contribution < 1.29 is 14.7 Å². The maximum atomic E-state index is 13.1. The summed E-state index contributed by atoms with van der Waals surface area (Å²) in [6.07, 6.45) is 4.69. The lowest BCUT2D eigenvalue weighted by atomic mass is 9.84. The van der Waals surface area contributed by atoms with E-state index in [9.17, 15) is 14.7 Å². The van der Waals surface area contributed by atoms with Crippen molar-refractivity contribution >= 4 is 11.9 Å². The Kier molecular flexibility index (Phi) is 4.18. The molecule has 0 spiro atoms. The molecule has 1 aliphatic heterocycles. The van der Waals surface area contributed by atoms with Crippen molar-refractivity contribution in [1.29, 1.82) is 0 Å². The summed E-state index contributed by atoms with van der Waals surface area (Å²) in [5, 5.41) is 14.1. The summed E-state index contributed by atoms with van der Waals surface area (Å²) in [6.45, 7) is 8.04. The van der Waals surface area contributed by atoms with Gasteiger partial charge in [0.05, 0.1) is 5.54 Å². The molecule has 2 aliphatic rings. The van der Waals surface area contributed by atoms with E-state index in [0.717, 1.165) is 31.4 Å². The number of carboxylic acids is 1. The molecule has 2 fully saturated rings. The van der Waals surface area contributed by atoms with Crippen molar-refractivity contribution in [3.63, 3.8) is 0 Å². The lowest BCUT2D eigenvalue weighted by Gasteiger charge is -2.32. The van der Waals surface area contributed by atoms with E-state index in [1.165, 1.54) is 0 Å². The molecule has 1 aromatic heterocycles. The van der Waals surface area contributed by atoms with E-state index >= 15 is 0 Å². The van der Waals surface area contributed by atoms with E-state index in [1.807, 2.05) is 32.4 Å². The third-order valence-electron chi connectivity index (χ3n) is 5.35. The molecule has 1 aromatic rings. The van der Waals surface area contributed by atoms with E-state index in [2.05, 4.69) is 5.10 Å². The maximum Gasteiger partial charge on any atom is 0.326 e. The van der Waals surface area contributed by atoms with Crippen molar-refractivity contribution in [3.05, 3.63) is 17.5 Å². The molecule has 3 rings (SSSR count). The molecule has 6 nitrogen and oxygen atoms in total. The number of likely N-dealkylation sites (tertiary alicyclic amines) is 1. The number of aromatic nitrogens is 2. The number of amides is 1. The lowest BCUT2D eigenvalue weighted by molar-refractivity contribution is -0.141. The maximum absolute atomic E-state index is 13.1. The minimum atomic E-state index is -0.898. The van der Waals surface area contributed by atoms with Crippen LogP contribution in [0.2, 0.25) is 0 Å². The van der Waals surface area contributed by atoms with E-state index in [-0.39, 0.29) is 17.5 Å². The number of aliphatic carboxylic acids is 1. The van der Waals surface area contributed by atoms with Gasteiger partial charge in [0.1, 0.15) is 6.04 Å². The number of aryl methyl sites for hydroxylation is 1. The van der Waals surface area contributed by atoms with Crippen LogP contribution in [0.3, 0.4) is 0 Å². The van der Waals surface area contributed by atoms with E-state index in [4.69, 9.17) is 0 Å². The van der Waals surface area contributed by atoms with Crippen LogP contribution in [0.1, 0.15) is 69.1 Å². The van der Waals surface area contributed by atoms with Gasteiger partial charge in [-0.2, -0.15) is 5.10 Å². The fourth-order valence-electron chi connectivity index (χ4n) is 4.36. The largest absolute Gasteiger partial charge is 0.480 e. The summed E-state index contributed by atoms with van der Waals surface area (Å²) in [7, 11) is 0. The molecule has 2 heterocycles. The molecule has 0 radical (unpaired) electrons. The first-order valence-electron chi connectivity index (χ1n) is 8.83. The van der Waals surface area contributed by atoms with E-state index < -0.39 is 12.0 Å². The van der Waals surface area contributed by atoms with Crippen LogP contribution in [0.4, 0.5) is 0 Å². The van der Waals surface area contributed by atoms with Gasteiger partial charge in [-0.3, -0.25) is 9.48 Å². The summed E-state index contributed by atoms with van der Waals surface area (Å²) in [5.41, 5.74) is 1.06. The van der Waals surface area contributed by atoms with Crippen LogP contribution in [0.5, 0.6) is 0 Å². The van der Waals surface area contributed by atoms with Crippen LogP contribution in [-0.2, 0) is 10.3 Å². The van der Waals surface area contributed by atoms with Gasteiger partial charge in [-0.1, -0.05) is 12.8 Å². The highest BCUT2D eigenvalue weighted by Gasteiger charge is 2.48. The van der Waals surface area contributed by atoms with Gasteiger partial charge < -0.3 is 10.0 Å². The Balaban J connectivity index is 1.93. The lowest BCUT2D eigenvalue weighted by Crippen LogP contribution is -2.46. The van der Waals surface area contributed by atoms with Crippen molar-refractivity contribution in [2.45, 2.75) is 77.4 Å². The molecule has 3 atom stereocenters. The second kappa shape index (κ2) is 5.90. The Morgan fingerprint density at radius 2 is 1.92 bits per heavy atom. The number of carboxylic acid groups (broad SMARTS) is 1. The second-order valence-corrected chi connectivity index (χ2v) is 8.17. The van der Waals surface area contributed by atoms with Crippen LogP contribution in [0.25, 0.3) is 0 Å². The number of nitrogens with zero attached hydrogens (tertiary/aromatic N) is 3. The highest BCUT2D eigenvalue weighted by atomic mass is 16.4. The molecule has 1 saturated heterocycles. The van der Waals surface area contributed by atoms with Crippen molar-refractivity contribution in [1.82, 2.24) is 14.7 Å². The third kappa shape index (κ3) is 2.82. The monoisotopic (exact) mass is 333 g/mol. The molecule has 1 N–H and O–H groups in total. The minimum Gasteiger partial charge on any atom is -0.480 e. The zero-order chi connectivity index (χ0) is 17.6. The number of hydrogen-bond acceptors (Lipinski definition) is 3. The Morgan fingerprint density at radius 3 is 2.50 bits per heavy atom. The zero-order valence-electron chi connectivity index (χ0n) is 15.0. The van der Waals surface area contributed by atoms with Gasteiger partial charge >= 0.3 is 5.97 Å². The first kappa shape index (κ1) is 17.0. The van der Waals surface area contributed by atoms with Crippen LogP contribution >= 0.6 is 0 Å². The Hall–Kier alpha value is -1.85. The number of hydrogen-bond donors (Lipinski definition) is 1. The predicted octanol–water partition coefficient (Wildman–Crippen LogP) is 2.80. The first-order chi connectivity index (χ1) is 11.2. The van der Waals surface area contributed by atoms with Gasteiger partial charge in [0.15, 0.2) is 5.69 Å². The molecule has 1 saturated carbocycles. The molecule has 6 heteroatoms. The summed E-state index contributed by atoms with van der Waals surface area (Å²) < 4.78 is 1.84. The molecular formula is C18H27N3O3. The molecule has 0 aromatic carbocycles. The van der Waals surface area contributed by atoms with Crippen LogP contribution in [0.15, 0.2) is 6.07 Å². The quantitative estimate of drug-likeness (QED) is 0.903. The first-order valence-corrected chi connectivity index (χ1v) is 8.83. The molecule has 1 amide bonds. The van der Waals surface area contributed by atoms with E-state index in [0.29, 0.717) is 18.0 Å². The Labute approximate surface area is 142 Å². The van der Waals surface area contributed by atoms with Crippen molar-refractivity contribution in [3.8, 4) is 0 Å². The Morgan fingerprint density at radius 1 is 1.25 bits per heavy atom. The summed E-state index contributed by atoms with van der Waals surface area (Å²) in [6, 6.07) is 1.11. The van der Waals surface area contributed by atoms with Crippen LogP contribution < -0.4 is 0 Å². The average Bonchev–Trinajstić information content (AvgIpc) is 3.07. The molecule has 1 aliphatic carbocycles. The van der Waals surface area contributed by atoms with Crippen molar-refractivity contribution in [2.75, 3.05) is 0 Å². The number of carbonyl (C=O) groups excluding carboxylic acids is 1. The van der Waals surface area contributed by atoms with Gasteiger partial charge in [0.25, 0.3) is 5.91 Å². The fraction of sp³-hybridized carbons (Fsp3) is 0.722. The Bertz CT molecular complexity index is 659. The van der Waals surface area contributed by atoms with Gasteiger partial charge in [0, 0.05) is 11.7 Å². The van der Waals surface area contributed by atoms with E-state index in [1.54, 1.807) is 11.0 Å². The molecule has 24 heavy (non-hydrogen) atoms. The minimum absolute atomic E-state index is 0.0486. The normalized spacial score (nSPS) is 27.2. The molecule has 3 unspecified atom stereocenters. The van der Waals surface area contributed by atoms with Crippen LogP contribution in [0, 0.1) is 12.8 Å². The topological polar surface area (TPSA) is 75.4 Å². The SMILES string of the molecule is Cc1cc(C(=O)N2C(C(=O)O)CC3CCCCC32)nn1C(C)(C)C. The number of fused-ring (bicyclic) bond motifs is 1.